The Balaban J connectivity index is 1.59. The van der Waals surface area contributed by atoms with E-state index in [9.17, 15) is 4.79 Å². The molecule has 1 aliphatic heterocycles. The molecule has 2 aliphatic carbocycles. The van der Waals surface area contributed by atoms with E-state index in [1.165, 1.54) is 19.3 Å². The number of nitrogens with zero attached hydrogens (tertiary/aromatic N) is 1. The molecule has 0 radical (unpaired) electrons. The van der Waals surface area contributed by atoms with Crippen LogP contribution in [0.25, 0.3) is 0 Å². The molecule has 1 saturated heterocycles. The standard InChI is InChI=1S/C16H27N3OS/c1-16(2)11-8-19(9-12(11)16)14(20)13(18-15(21)17-3)7-10-5-4-6-10/h10-13H,4-9H2,1-3H3,(H2,17,18,21)/t11-,12+,13-/m0/s1. The SMILES string of the molecule is CNC(=S)N[C@@H](CC1CCC1)C(=O)N1C[C@@H]2[C@H](C1)C2(C)C. The topological polar surface area (TPSA) is 44.4 Å². The highest BCUT2D eigenvalue weighted by molar-refractivity contribution is 7.80. The van der Waals surface area contributed by atoms with Crippen molar-refractivity contribution in [2.75, 3.05) is 20.1 Å². The number of fused-ring (bicyclic) bond motifs is 1. The van der Waals surface area contributed by atoms with E-state index in [1.807, 2.05) is 0 Å². The monoisotopic (exact) mass is 309 g/mol. The molecule has 4 nitrogen and oxygen atoms in total. The van der Waals surface area contributed by atoms with Crippen LogP contribution < -0.4 is 10.6 Å². The van der Waals surface area contributed by atoms with Crippen LogP contribution in [-0.4, -0.2) is 42.1 Å². The van der Waals surface area contributed by atoms with Crippen LogP contribution in [0.1, 0.15) is 39.5 Å². The Labute approximate surface area is 133 Å². The molecule has 0 aromatic rings. The van der Waals surface area contributed by atoms with Gasteiger partial charge in [0.25, 0.3) is 0 Å². The maximum atomic E-state index is 12.8. The van der Waals surface area contributed by atoms with Gasteiger partial charge in [0, 0.05) is 20.1 Å². The molecule has 5 heteroatoms. The molecule has 2 saturated carbocycles. The molecule has 0 aromatic carbocycles. The van der Waals surface area contributed by atoms with Gasteiger partial charge < -0.3 is 15.5 Å². The second-order valence-corrected chi connectivity index (χ2v) is 7.99. The first kappa shape index (κ1) is 15.1. The average molecular weight is 309 g/mol. The van der Waals surface area contributed by atoms with E-state index in [4.69, 9.17) is 12.2 Å². The smallest absolute Gasteiger partial charge is 0.245 e. The summed E-state index contributed by atoms with van der Waals surface area (Å²) in [6.45, 7) is 6.52. The van der Waals surface area contributed by atoms with Crippen LogP contribution in [-0.2, 0) is 4.79 Å². The predicted molar refractivity (Wildman–Crippen MR) is 87.9 cm³/mol. The van der Waals surface area contributed by atoms with Gasteiger partial charge in [0.15, 0.2) is 5.11 Å². The van der Waals surface area contributed by atoms with E-state index < -0.39 is 0 Å². The van der Waals surface area contributed by atoms with Crippen molar-refractivity contribution >= 4 is 23.2 Å². The van der Waals surface area contributed by atoms with Crippen molar-refractivity contribution in [3.05, 3.63) is 0 Å². The molecule has 1 amide bonds. The number of nitrogens with one attached hydrogen (secondary N) is 2. The second kappa shape index (κ2) is 5.41. The summed E-state index contributed by atoms with van der Waals surface area (Å²) in [5.41, 5.74) is 0.452. The van der Waals surface area contributed by atoms with Crippen LogP contribution in [0.2, 0.25) is 0 Å². The van der Waals surface area contributed by atoms with Gasteiger partial charge in [-0.15, -0.1) is 0 Å². The lowest BCUT2D eigenvalue weighted by Crippen LogP contribution is -2.52. The highest BCUT2D eigenvalue weighted by Crippen LogP contribution is 2.62. The van der Waals surface area contributed by atoms with E-state index in [0.29, 0.717) is 28.3 Å². The Bertz CT molecular complexity index is 433. The number of thiocarbonyl (C=S) groups is 1. The van der Waals surface area contributed by atoms with Crippen molar-refractivity contribution in [1.82, 2.24) is 15.5 Å². The number of carbonyl (C=O) groups excluding carboxylic acids is 1. The lowest BCUT2D eigenvalue weighted by atomic mass is 9.80. The van der Waals surface area contributed by atoms with Crippen molar-refractivity contribution in [3.63, 3.8) is 0 Å². The van der Waals surface area contributed by atoms with E-state index in [2.05, 4.69) is 29.4 Å². The summed E-state index contributed by atoms with van der Waals surface area (Å²) in [4.78, 5) is 14.9. The summed E-state index contributed by atoms with van der Waals surface area (Å²) in [5.74, 6) is 2.37. The van der Waals surface area contributed by atoms with Crippen molar-refractivity contribution in [2.24, 2.45) is 23.2 Å². The normalized spacial score (nSPS) is 31.1. The third-order valence-electron chi connectivity index (χ3n) is 6.06. The fourth-order valence-corrected chi connectivity index (χ4v) is 4.19. The molecule has 0 bridgehead atoms. The molecule has 3 rings (SSSR count). The summed E-state index contributed by atoms with van der Waals surface area (Å²) >= 11 is 5.21. The molecule has 0 aromatic heterocycles. The highest BCUT2D eigenvalue weighted by Gasteiger charge is 2.62. The molecular formula is C16H27N3OS. The Hall–Kier alpha value is -0.840. The minimum Gasteiger partial charge on any atom is -0.366 e. The number of hydrogen-bond donors (Lipinski definition) is 2. The van der Waals surface area contributed by atoms with Gasteiger partial charge in [-0.3, -0.25) is 4.79 Å². The Morgan fingerprint density at radius 1 is 1.33 bits per heavy atom. The van der Waals surface area contributed by atoms with Crippen molar-refractivity contribution in [1.29, 1.82) is 0 Å². The van der Waals surface area contributed by atoms with Gasteiger partial charge in [0.2, 0.25) is 5.91 Å². The van der Waals surface area contributed by atoms with Gasteiger partial charge in [-0.05, 0) is 41.8 Å². The number of amides is 1. The predicted octanol–water partition coefficient (Wildman–Crippen LogP) is 1.75. The van der Waals surface area contributed by atoms with Gasteiger partial charge in [-0.2, -0.15) is 0 Å². The number of likely N-dealkylation sites (tertiary alicyclic amines) is 1. The average Bonchev–Trinajstić information content (AvgIpc) is 2.81. The van der Waals surface area contributed by atoms with Crippen LogP contribution in [0.15, 0.2) is 0 Å². The molecule has 1 heterocycles. The summed E-state index contributed by atoms with van der Waals surface area (Å²) in [7, 11) is 1.80. The van der Waals surface area contributed by atoms with Crippen LogP contribution in [0.3, 0.4) is 0 Å². The first-order chi connectivity index (χ1) is 9.93. The van der Waals surface area contributed by atoms with E-state index in [1.54, 1.807) is 7.05 Å². The first-order valence-electron chi connectivity index (χ1n) is 8.20. The number of hydrogen-bond acceptors (Lipinski definition) is 2. The van der Waals surface area contributed by atoms with Crippen LogP contribution >= 0.6 is 12.2 Å². The van der Waals surface area contributed by atoms with Crippen molar-refractivity contribution in [3.8, 4) is 0 Å². The van der Waals surface area contributed by atoms with Crippen LogP contribution in [0.5, 0.6) is 0 Å². The third-order valence-corrected chi connectivity index (χ3v) is 6.38. The van der Waals surface area contributed by atoms with Gasteiger partial charge in [-0.1, -0.05) is 33.1 Å². The lowest BCUT2D eigenvalue weighted by molar-refractivity contribution is -0.133. The molecule has 21 heavy (non-hydrogen) atoms. The molecular weight excluding hydrogens is 282 g/mol. The first-order valence-corrected chi connectivity index (χ1v) is 8.61. The third kappa shape index (κ3) is 2.77. The maximum absolute atomic E-state index is 12.8. The minimum absolute atomic E-state index is 0.143. The summed E-state index contributed by atoms with van der Waals surface area (Å²) in [6, 6.07) is -0.143. The quantitative estimate of drug-likeness (QED) is 0.777. The molecule has 118 valence electrons. The molecule has 0 spiro atoms. The van der Waals surface area contributed by atoms with Crippen LogP contribution in [0, 0.1) is 23.2 Å². The van der Waals surface area contributed by atoms with E-state index in [0.717, 1.165) is 19.5 Å². The minimum atomic E-state index is -0.143. The Morgan fingerprint density at radius 3 is 2.43 bits per heavy atom. The second-order valence-electron chi connectivity index (χ2n) is 7.59. The fourth-order valence-electron chi connectivity index (χ4n) is 4.05. The summed E-state index contributed by atoms with van der Waals surface area (Å²) in [6.07, 6.45) is 4.76. The molecule has 0 unspecified atom stereocenters. The Kier molecular flexibility index (Phi) is 3.89. The lowest BCUT2D eigenvalue weighted by Gasteiger charge is -2.33. The molecule has 3 aliphatic rings. The van der Waals surface area contributed by atoms with E-state index in [-0.39, 0.29) is 11.9 Å². The number of rotatable bonds is 4. The molecule has 2 N–H and O–H groups in total. The highest BCUT2D eigenvalue weighted by atomic mass is 32.1. The number of carbonyl (C=O) groups is 1. The van der Waals surface area contributed by atoms with Crippen molar-refractivity contribution < 1.29 is 4.79 Å². The zero-order valence-electron chi connectivity index (χ0n) is 13.3. The van der Waals surface area contributed by atoms with Crippen molar-refractivity contribution in [2.45, 2.75) is 45.6 Å². The van der Waals surface area contributed by atoms with Crippen LogP contribution in [0.4, 0.5) is 0 Å². The largest absolute Gasteiger partial charge is 0.366 e. The fraction of sp³-hybridized carbons (Fsp3) is 0.875. The zero-order valence-corrected chi connectivity index (χ0v) is 14.1. The summed E-state index contributed by atoms with van der Waals surface area (Å²) < 4.78 is 0. The molecule has 3 fully saturated rings. The van der Waals surface area contributed by atoms with Gasteiger partial charge >= 0.3 is 0 Å². The zero-order chi connectivity index (χ0) is 15.2. The number of piperidine rings is 1. The van der Waals surface area contributed by atoms with Gasteiger partial charge in [0.05, 0.1) is 0 Å². The Morgan fingerprint density at radius 2 is 1.95 bits per heavy atom. The molecule has 3 atom stereocenters. The van der Waals surface area contributed by atoms with E-state index >= 15 is 0 Å². The summed E-state index contributed by atoms with van der Waals surface area (Å²) in [5, 5.41) is 6.73. The van der Waals surface area contributed by atoms with Gasteiger partial charge in [-0.25, -0.2) is 0 Å². The van der Waals surface area contributed by atoms with Gasteiger partial charge in [0.1, 0.15) is 6.04 Å². The maximum Gasteiger partial charge on any atom is 0.245 e.